The van der Waals surface area contributed by atoms with Gasteiger partial charge in [-0.25, -0.2) is 4.79 Å². The molecule has 0 aromatic heterocycles. The number of hydrogen-bond donors (Lipinski definition) is 2. The first-order valence-electron chi connectivity index (χ1n) is 13.9. The monoisotopic (exact) mass is 560 g/mol. The summed E-state index contributed by atoms with van der Waals surface area (Å²) < 4.78 is 5.59. The van der Waals surface area contributed by atoms with Crippen LogP contribution in [0.4, 0.5) is 0 Å². The van der Waals surface area contributed by atoms with Crippen LogP contribution in [-0.2, 0) is 22.5 Å². The Morgan fingerprint density at radius 2 is 1.73 bits per heavy atom. The first kappa shape index (κ1) is 29.8. The van der Waals surface area contributed by atoms with Crippen LogP contribution in [0.5, 0.6) is 0 Å². The van der Waals surface area contributed by atoms with Gasteiger partial charge in [-0.15, -0.1) is 0 Å². The Morgan fingerprint density at radius 1 is 1.00 bits per heavy atom. The fourth-order valence-electron chi connectivity index (χ4n) is 5.68. The number of benzene rings is 3. The number of carbonyl (C=O) groups is 2. The van der Waals surface area contributed by atoms with Gasteiger partial charge >= 0.3 is 5.97 Å². The third-order valence-electron chi connectivity index (χ3n) is 7.79. The van der Waals surface area contributed by atoms with E-state index in [-0.39, 0.29) is 5.91 Å². The second-order valence-corrected chi connectivity index (χ2v) is 11.5. The lowest BCUT2D eigenvalue weighted by molar-refractivity contribution is -0.139. The van der Waals surface area contributed by atoms with Crippen LogP contribution in [-0.4, -0.2) is 65.7 Å². The molecule has 1 saturated heterocycles. The van der Waals surface area contributed by atoms with Crippen LogP contribution in [0.15, 0.2) is 72.8 Å². The highest BCUT2D eigenvalue weighted by Gasteiger charge is 2.33. The molecule has 4 rings (SSSR count). The molecule has 0 unspecified atom stereocenters. The SMILES string of the molecule is COC[C@@H]1CC[C@@H](Cc2ccccc2)N1Cc1ccc(C(=O)N[C@@H](CCSC)C(=O)O)c(-c2ccccc2C)c1. The number of methoxy groups -OCH3 is 1. The standard InChI is InChI=1S/C33H40N2O4S/c1-23-9-7-8-12-28(23)30-20-25(13-16-29(30)32(36)34-31(33(37)38)17-18-40-3)21-35-26(14-15-27(35)22-39-2)19-24-10-5-4-6-11-24/h4-13,16,20,26-27,31H,14-15,17-19,21-22H2,1-3H3,(H,34,36)(H,37,38)/t26-,27-,31-/m0/s1. The van der Waals surface area contributed by atoms with Crippen molar-refractivity contribution in [3.8, 4) is 11.1 Å². The largest absolute Gasteiger partial charge is 0.480 e. The number of aliphatic carboxylic acids is 1. The van der Waals surface area contributed by atoms with Crippen LogP contribution in [0.3, 0.4) is 0 Å². The molecule has 212 valence electrons. The molecule has 7 heteroatoms. The fraction of sp³-hybridized carbons (Fsp3) is 0.394. The van der Waals surface area contributed by atoms with Crippen molar-refractivity contribution in [3.05, 3.63) is 95.1 Å². The Balaban J connectivity index is 1.65. The first-order chi connectivity index (χ1) is 19.4. The van der Waals surface area contributed by atoms with E-state index >= 15 is 0 Å². The molecule has 1 fully saturated rings. The smallest absolute Gasteiger partial charge is 0.326 e. The summed E-state index contributed by atoms with van der Waals surface area (Å²) in [5.74, 6) is -0.721. The molecule has 1 aliphatic heterocycles. The molecule has 1 amide bonds. The van der Waals surface area contributed by atoms with Crippen LogP contribution in [0.25, 0.3) is 11.1 Å². The topological polar surface area (TPSA) is 78.9 Å². The van der Waals surface area contributed by atoms with Gasteiger partial charge in [0.25, 0.3) is 5.91 Å². The number of aryl methyl sites for hydroxylation is 1. The summed E-state index contributed by atoms with van der Waals surface area (Å²) in [6.07, 6.45) is 5.49. The van der Waals surface area contributed by atoms with E-state index < -0.39 is 12.0 Å². The lowest BCUT2D eigenvalue weighted by atomic mass is 9.93. The van der Waals surface area contributed by atoms with Crippen LogP contribution < -0.4 is 5.32 Å². The fourth-order valence-corrected chi connectivity index (χ4v) is 6.15. The summed E-state index contributed by atoms with van der Waals surface area (Å²) in [4.78, 5) is 27.9. The zero-order valence-electron chi connectivity index (χ0n) is 23.6. The number of rotatable bonds is 13. The van der Waals surface area contributed by atoms with Gasteiger partial charge in [-0.2, -0.15) is 11.8 Å². The molecule has 0 saturated carbocycles. The Morgan fingerprint density at radius 3 is 2.42 bits per heavy atom. The first-order valence-corrected chi connectivity index (χ1v) is 15.3. The van der Waals surface area contributed by atoms with E-state index in [4.69, 9.17) is 4.74 Å². The maximum atomic E-state index is 13.5. The van der Waals surface area contributed by atoms with Gasteiger partial charge in [0.15, 0.2) is 0 Å². The van der Waals surface area contributed by atoms with Crippen LogP contribution >= 0.6 is 11.8 Å². The van der Waals surface area contributed by atoms with Gasteiger partial charge in [0, 0.05) is 31.3 Å². The Bertz CT molecular complexity index is 1280. The second-order valence-electron chi connectivity index (χ2n) is 10.5. The molecule has 6 nitrogen and oxygen atoms in total. The maximum Gasteiger partial charge on any atom is 0.326 e. The molecule has 40 heavy (non-hydrogen) atoms. The predicted octanol–water partition coefficient (Wildman–Crippen LogP) is 5.82. The van der Waals surface area contributed by atoms with E-state index in [0.29, 0.717) is 36.4 Å². The summed E-state index contributed by atoms with van der Waals surface area (Å²) in [7, 11) is 1.76. The summed E-state index contributed by atoms with van der Waals surface area (Å²) >= 11 is 1.56. The molecule has 1 heterocycles. The average Bonchev–Trinajstić information content (AvgIpc) is 3.32. The van der Waals surface area contributed by atoms with Gasteiger partial charge in [-0.05, 0) is 84.6 Å². The highest BCUT2D eigenvalue weighted by Crippen LogP contribution is 2.32. The van der Waals surface area contributed by atoms with E-state index in [9.17, 15) is 14.7 Å². The minimum absolute atomic E-state index is 0.330. The number of nitrogens with one attached hydrogen (secondary N) is 1. The number of amides is 1. The zero-order valence-corrected chi connectivity index (χ0v) is 24.5. The summed E-state index contributed by atoms with van der Waals surface area (Å²) in [6.45, 7) is 3.47. The molecule has 1 aliphatic rings. The second kappa shape index (κ2) is 14.5. The Hall–Kier alpha value is -3.13. The normalized spacial score (nSPS) is 18.0. The van der Waals surface area contributed by atoms with Gasteiger partial charge in [0.2, 0.25) is 0 Å². The van der Waals surface area contributed by atoms with Crippen molar-refractivity contribution in [2.75, 3.05) is 25.7 Å². The molecule has 0 radical (unpaired) electrons. The van der Waals surface area contributed by atoms with Crippen molar-refractivity contribution in [3.63, 3.8) is 0 Å². The van der Waals surface area contributed by atoms with Gasteiger partial charge in [0.05, 0.1) is 6.61 Å². The molecule has 0 aliphatic carbocycles. The molecule has 0 spiro atoms. The molecule has 2 N–H and O–H groups in total. The van der Waals surface area contributed by atoms with Crippen molar-refractivity contribution in [2.45, 2.75) is 57.3 Å². The average molecular weight is 561 g/mol. The third-order valence-corrected chi connectivity index (χ3v) is 8.43. The Kier molecular flexibility index (Phi) is 10.8. The number of thioether (sulfide) groups is 1. The van der Waals surface area contributed by atoms with E-state index in [1.807, 2.05) is 49.6 Å². The van der Waals surface area contributed by atoms with E-state index in [1.54, 1.807) is 18.9 Å². The van der Waals surface area contributed by atoms with E-state index in [0.717, 1.165) is 48.1 Å². The van der Waals surface area contributed by atoms with Crippen molar-refractivity contribution in [1.82, 2.24) is 10.2 Å². The molecule has 0 bridgehead atoms. The maximum absolute atomic E-state index is 13.5. The Labute approximate surface area is 242 Å². The van der Waals surface area contributed by atoms with Crippen molar-refractivity contribution >= 4 is 23.6 Å². The molecular weight excluding hydrogens is 520 g/mol. The van der Waals surface area contributed by atoms with Crippen molar-refractivity contribution < 1.29 is 19.4 Å². The van der Waals surface area contributed by atoms with Crippen LogP contribution in [0, 0.1) is 6.92 Å². The zero-order chi connectivity index (χ0) is 28.5. The van der Waals surface area contributed by atoms with E-state index in [2.05, 4.69) is 46.6 Å². The summed E-state index contributed by atoms with van der Waals surface area (Å²) in [5.41, 5.74) is 5.80. The number of carboxylic acid groups (broad SMARTS) is 1. The number of ether oxygens (including phenoxy) is 1. The number of hydrogen-bond acceptors (Lipinski definition) is 5. The van der Waals surface area contributed by atoms with Crippen LogP contribution in [0.2, 0.25) is 0 Å². The molecular formula is C33H40N2O4S. The van der Waals surface area contributed by atoms with Gasteiger partial charge < -0.3 is 15.2 Å². The third kappa shape index (κ3) is 7.53. The van der Waals surface area contributed by atoms with Gasteiger partial charge in [-0.3, -0.25) is 9.69 Å². The summed E-state index contributed by atoms with van der Waals surface area (Å²) in [6, 6.07) is 24.4. The lowest BCUT2D eigenvalue weighted by Crippen LogP contribution is -2.41. The quantitative estimate of drug-likeness (QED) is 0.274. The van der Waals surface area contributed by atoms with E-state index in [1.165, 1.54) is 5.56 Å². The number of likely N-dealkylation sites (tertiary alicyclic amines) is 1. The minimum atomic E-state index is -1.01. The molecule has 3 aromatic rings. The van der Waals surface area contributed by atoms with Gasteiger partial charge in [0.1, 0.15) is 6.04 Å². The lowest BCUT2D eigenvalue weighted by Gasteiger charge is -2.30. The van der Waals surface area contributed by atoms with Crippen LogP contribution in [0.1, 0.15) is 46.3 Å². The van der Waals surface area contributed by atoms with Crippen molar-refractivity contribution in [2.24, 2.45) is 0 Å². The number of carboxylic acids is 1. The minimum Gasteiger partial charge on any atom is -0.480 e. The molecule has 3 atom stereocenters. The highest BCUT2D eigenvalue weighted by molar-refractivity contribution is 7.98. The molecule has 3 aromatic carbocycles. The highest BCUT2D eigenvalue weighted by atomic mass is 32.2. The number of nitrogens with zero attached hydrogens (tertiary/aromatic N) is 1. The van der Waals surface area contributed by atoms with Gasteiger partial charge in [-0.1, -0.05) is 60.7 Å². The predicted molar refractivity (Wildman–Crippen MR) is 163 cm³/mol. The number of carbonyl (C=O) groups excluding carboxylic acids is 1. The summed E-state index contributed by atoms with van der Waals surface area (Å²) in [5, 5.41) is 12.5. The van der Waals surface area contributed by atoms with Crippen molar-refractivity contribution in [1.29, 1.82) is 0 Å².